The van der Waals surface area contributed by atoms with Gasteiger partial charge in [-0.1, -0.05) is 32.4 Å². The Hall–Kier alpha value is -0.563. The lowest BCUT2D eigenvalue weighted by molar-refractivity contribution is 0.273. The zero-order valence-electron chi connectivity index (χ0n) is 14.1. The van der Waals surface area contributed by atoms with Gasteiger partial charge in [-0.3, -0.25) is 0 Å². The predicted octanol–water partition coefficient (Wildman–Crippen LogP) is 4.83. The summed E-state index contributed by atoms with van der Waals surface area (Å²) >= 11 is 7.67. The van der Waals surface area contributed by atoms with E-state index in [1.165, 1.54) is 0 Å². The van der Waals surface area contributed by atoms with E-state index < -0.39 is 8.32 Å². The molecule has 0 N–H and O–H groups in total. The molecule has 0 aliphatic carbocycles. The molecule has 2 heterocycles. The van der Waals surface area contributed by atoms with E-state index in [0.717, 1.165) is 22.6 Å². The molecule has 0 aromatic carbocycles. The minimum absolute atomic E-state index is 0.225. The number of rotatable bonds is 5. The molecule has 0 radical (unpaired) electrons. The molecule has 0 bridgehead atoms. The van der Waals surface area contributed by atoms with Crippen molar-refractivity contribution in [2.75, 3.05) is 12.9 Å². The van der Waals surface area contributed by atoms with E-state index >= 15 is 0 Å². The molecule has 4 nitrogen and oxygen atoms in total. The maximum absolute atomic E-state index is 6.24. The van der Waals surface area contributed by atoms with Gasteiger partial charge in [-0.2, -0.15) is 0 Å². The highest BCUT2D eigenvalue weighted by atomic mass is 35.5. The first kappa shape index (κ1) is 17.8. The molecule has 2 aromatic heterocycles. The summed E-state index contributed by atoms with van der Waals surface area (Å²) in [6.45, 7) is 12.8. The largest absolute Gasteiger partial charge is 0.415 e. The first-order valence-corrected chi connectivity index (χ1v) is 11.9. The lowest BCUT2D eigenvalue weighted by atomic mass is 10.2. The van der Waals surface area contributed by atoms with Crippen molar-refractivity contribution in [2.24, 2.45) is 0 Å². The molecule has 0 amide bonds. The van der Waals surface area contributed by atoms with Gasteiger partial charge in [0.25, 0.3) is 0 Å². The molecular weight excluding hydrogens is 334 g/mol. The van der Waals surface area contributed by atoms with E-state index in [4.69, 9.17) is 16.0 Å². The Kier molecular flexibility index (Phi) is 5.26. The number of hydrogen-bond donors (Lipinski definition) is 0. The number of fused-ring (bicyclic) bond motifs is 1. The maximum Gasteiger partial charge on any atom is 0.192 e. The Morgan fingerprint density at radius 1 is 1.36 bits per heavy atom. The number of nitrogens with zero attached hydrogens (tertiary/aromatic N) is 3. The van der Waals surface area contributed by atoms with Gasteiger partial charge in [0, 0.05) is 12.6 Å². The molecule has 0 fully saturated rings. The summed E-state index contributed by atoms with van der Waals surface area (Å²) in [5.41, 5.74) is 1.92. The SMILES string of the molecule is CSc1nc(Cl)cc2c1ncn2CCO[Si](C)(C)C(C)(C)C. The molecule has 0 spiro atoms. The van der Waals surface area contributed by atoms with Crippen LogP contribution in [0, 0.1) is 0 Å². The van der Waals surface area contributed by atoms with Crippen molar-refractivity contribution < 1.29 is 4.43 Å². The normalized spacial score (nSPS) is 13.0. The van der Waals surface area contributed by atoms with E-state index in [0.29, 0.717) is 11.8 Å². The van der Waals surface area contributed by atoms with Crippen LogP contribution in [0.5, 0.6) is 0 Å². The van der Waals surface area contributed by atoms with Crippen LogP contribution < -0.4 is 0 Å². The van der Waals surface area contributed by atoms with Crippen molar-refractivity contribution in [2.45, 2.75) is 50.5 Å². The Morgan fingerprint density at radius 2 is 2.05 bits per heavy atom. The summed E-state index contributed by atoms with van der Waals surface area (Å²) in [5, 5.41) is 1.60. The Bertz CT molecular complexity index is 667. The second-order valence-electron chi connectivity index (χ2n) is 6.87. The smallest absolute Gasteiger partial charge is 0.192 e. The molecule has 0 atom stereocenters. The van der Waals surface area contributed by atoms with Crippen molar-refractivity contribution in [1.82, 2.24) is 14.5 Å². The standard InChI is InChI=1S/C15H24ClN3OSSi/c1-15(2,3)22(5,6)20-8-7-19-10-17-13-11(19)9-12(16)18-14(13)21-4/h9-10H,7-8H2,1-6H3. The highest BCUT2D eigenvalue weighted by Crippen LogP contribution is 2.36. The van der Waals surface area contributed by atoms with Gasteiger partial charge in [0.1, 0.15) is 15.7 Å². The average molecular weight is 358 g/mol. The third kappa shape index (κ3) is 3.67. The van der Waals surface area contributed by atoms with Crippen molar-refractivity contribution in [3.8, 4) is 0 Å². The lowest BCUT2D eigenvalue weighted by Gasteiger charge is -2.36. The minimum atomic E-state index is -1.71. The zero-order valence-corrected chi connectivity index (χ0v) is 16.7. The summed E-state index contributed by atoms with van der Waals surface area (Å²) in [6.07, 6.45) is 3.83. The highest BCUT2D eigenvalue weighted by molar-refractivity contribution is 7.98. The monoisotopic (exact) mass is 357 g/mol. The summed E-state index contributed by atoms with van der Waals surface area (Å²) < 4.78 is 8.33. The second kappa shape index (κ2) is 6.51. The van der Waals surface area contributed by atoms with Crippen molar-refractivity contribution in [1.29, 1.82) is 0 Å². The van der Waals surface area contributed by atoms with Crippen LogP contribution >= 0.6 is 23.4 Å². The van der Waals surface area contributed by atoms with Crippen LogP contribution in [0.2, 0.25) is 23.3 Å². The molecule has 7 heteroatoms. The van der Waals surface area contributed by atoms with E-state index in [2.05, 4.69) is 48.4 Å². The Labute approximate surface area is 142 Å². The fourth-order valence-electron chi connectivity index (χ4n) is 1.94. The van der Waals surface area contributed by atoms with Gasteiger partial charge in [-0.15, -0.1) is 11.8 Å². The maximum atomic E-state index is 6.24. The molecule has 22 heavy (non-hydrogen) atoms. The number of aromatic nitrogens is 3. The van der Waals surface area contributed by atoms with E-state index in [-0.39, 0.29) is 5.04 Å². The van der Waals surface area contributed by atoms with E-state index in [1.807, 2.05) is 18.6 Å². The minimum Gasteiger partial charge on any atom is -0.415 e. The van der Waals surface area contributed by atoms with Crippen LogP contribution in [0.15, 0.2) is 17.4 Å². The van der Waals surface area contributed by atoms with Crippen molar-refractivity contribution in [3.63, 3.8) is 0 Å². The van der Waals surface area contributed by atoms with Gasteiger partial charge in [-0.05, 0) is 24.4 Å². The third-order valence-corrected chi connectivity index (χ3v) is 9.74. The number of thioether (sulfide) groups is 1. The summed E-state index contributed by atoms with van der Waals surface area (Å²) in [4.78, 5) is 8.78. The van der Waals surface area contributed by atoms with Crippen LogP contribution in [-0.4, -0.2) is 35.7 Å². The molecular formula is C15H24ClN3OSSi. The summed E-state index contributed by atoms with van der Waals surface area (Å²) in [6, 6.07) is 1.87. The summed E-state index contributed by atoms with van der Waals surface area (Å²) in [5.74, 6) is 0. The Balaban J connectivity index is 2.15. The number of imidazole rings is 1. The number of pyridine rings is 1. The molecule has 2 aromatic rings. The van der Waals surface area contributed by atoms with Crippen LogP contribution in [-0.2, 0) is 11.0 Å². The second-order valence-corrected chi connectivity index (χ2v) is 12.9. The van der Waals surface area contributed by atoms with Crippen LogP contribution in [0.1, 0.15) is 20.8 Å². The lowest BCUT2D eigenvalue weighted by Crippen LogP contribution is -2.41. The molecule has 0 aliphatic rings. The Morgan fingerprint density at radius 3 is 2.64 bits per heavy atom. The molecule has 0 saturated carbocycles. The molecule has 0 unspecified atom stereocenters. The van der Waals surface area contributed by atoms with Crippen LogP contribution in [0.4, 0.5) is 0 Å². The molecule has 0 saturated heterocycles. The van der Waals surface area contributed by atoms with Crippen LogP contribution in [0.3, 0.4) is 0 Å². The quantitative estimate of drug-likeness (QED) is 0.436. The van der Waals surface area contributed by atoms with Crippen molar-refractivity contribution in [3.05, 3.63) is 17.5 Å². The van der Waals surface area contributed by atoms with E-state index in [1.54, 1.807) is 11.8 Å². The third-order valence-electron chi connectivity index (χ3n) is 4.34. The van der Waals surface area contributed by atoms with Gasteiger partial charge in [0.05, 0.1) is 18.5 Å². The van der Waals surface area contributed by atoms with Gasteiger partial charge >= 0.3 is 0 Å². The van der Waals surface area contributed by atoms with Gasteiger partial charge in [0.15, 0.2) is 8.32 Å². The fraction of sp³-hybridized carbons (Fsp3) is 0.600. The van der Waals surface area contributed by atoms with E-state index in [9.17, 15) is 0 Å². The van der Waals surface area contributed by atoms with Gasteiger partial charge < -0.3 is 8.99 Å². The first-order valence-electron chi connectivity index (χ1n) is 7.35. The fourth-order valence-corrected chi connectivity index (χ4v) is 3.75. The average Bonchev–Trinajstić information content (AvgIpc) is 2.79. The highest BCUT2D eigenvalue weighted by Gasteiger charge is 2.36. The number of hydrogen-bond acceptors (Lipinski definition) is 4. The molecule has 0 aliphatic heterocycles. The topological polar surface area (TPSA) is 39.9 Å². The van der Waals surface area contributed by atoms with Gasteiger partial charge in [0.2, 0.25) is 0 Å². The summed E-state index contributed by atoms with van der Waals surface area (Å²) in [7, 11) is -1.71. The van der Waals surface area contributed by atoms with Gasteiger partial charge in [-0.25, -0.2) is 9.97 Å². The first-order chi connectivity index (χ1) is 10.2. The molecule has 122 valence electrons. The number of halogens is 1. The molecule has 2 rings (SSSR count). The predicted molar refractivity (Wildman–Crippen MR) is 97.5 cm³/mol. The van der Waals surface area contributed by atoms with Crippen molar-refractivity contribution >= 4 is 42.7 Å². The zero-order chi connectivity index (χ0) is 16.5. The van der Waals surface area contributed by atoms with Crippen LogP contribution in [0.25, 0.3) is 11.0 Å².